The highest BCUT2D eigenvalue weighted by Gasteiger charge is 2.13. The molecule has 0 aliphatic heterocycles. The van der Waals surface area contributed by atoms with E-state index < -0.39 is 0 Å². The standard InChI is InChI=1S/C13H22N2O/c1-5-7-11-12(16-14)8-10(6-2)13(15-11)9(3)4/h8-9H,5-7,14H2,1-4H3. The first-order valence-electron chi connectivity index (χ1n) is 6.03. The van der Waals surface area contributed by atoms with Crippen molar-refractivity contribution < 1.29 is 4.84 Å². The summed E-state index contributed by atoms with van der Waals surface area (Å²) in [6.07, 6.45) is 2.92. The molecule has 90 valence electrons. The lowest BCUT2D eigenvalue weighted by atomic mass is 10.00. The predicted molar refractivity (Wildman–Crippen MR) is 66.5 cm³/mol. The molecule has 1 heterocycles. The second kappa shape index (κ2) is 5.85. The van der Waals surface area contributed by atoms with Gasteiger partial charge in [-0.3, -0.25) is 4.98 Å². The highest BCUT2D eigenvalue weighted by atomic mass is 16.6. The van der Waals surface area contributed by atoms with Crippen LogP contribution in [-0.4, -0.2) is 4.98 Å². The third kappa shape index (κ3) is 2.73. The van der Waals surface area contributed by atoms with Gasteiger partial charge in [0.05, 0.1) is 5.69 Å². The summed E-state index contributed by atoms with van der Waals surface area (Å²) in [4.78, 5) is 9.61. The van der Waals surface area contributed by atoms with Gasteiger partial charge >= 0.3 is 0 Å². The van der Waals surface area contributed by atoms with Gasteiger partial charge in [-0.25, -0.2) is 0 Å². The fourth-order valence-corrected chi connectivity index (χ4v) is 1.89. The molecular formula is C13H22N2O. The van der Waals surface area contributed by atoms with Gasteiger partial charge in [0.2, 0.25) is 0 Å². The van der Waals surface area contributed by atoms with E-state index in [4.69, 9.17) is 15.7 Å². The van der Waals surface area contributed by atoms with Crippen LogP contribution in [0.3, 0.4) is 0 Å². The Morgan fingerprint density at radius 1 is 1.38 bits per heavy atom. The van der Waals surface area contributed by atoms with Gasteiger partial charge in [-0.2, -0.15) is 5.90 Å². The Balaban J connectivity index is 3.23. The molecule has 3 heteroatoms. The minimum Gasteiger partial charge on any atom is -0.410 e. The Labute approximate surface area is 98.0 Å². The monoisotopic (exact) mass is 222 g/mol. The lowest BCUT2D eigenvalue weighted by Crippen LogP contribution is -2.10. The zero-order valence-corrected chi connectivity index (χ0v) is 10.7. The van der Waals surface area contributed by atoms with Crippen LogP contribution in [0.25, 0.3) is 0 Å². The number of hydrogen-bond acceptors (Lipinski definition) is 3. The van der Waals surface area contributed by atoms with E-state index in [2.05, 4.69) is 27.7 Å². The number of aryl methyl sites for hydroxylation is 2. The molecule has 0 aliphatic rings. The van der Waals surface area contributed by atoms with E-state index in [-0.39, 0.29) is 0 Å². The van der Waals surface area contributed by atoms with Gasteiger partial charge in [0, 0.05) is 5.69 Å². The molecule has 2 N–H and O–H groups in total. The van der Waals surface area contributed by atoms with Gasteiger partial charge in [-0.15, -0.1) is 0 Å². The molecule has 1 aromatic rings. The molecule has 0 saturated heterocycles. The summed E-state index contributed by atoms with van der Waals surface area (Å²) < 4.78 is 0. The smallest absolute Gasteiger partial charge is 0.168 e. The van der Waals surface area contributed by atoms with E-state index in [1.165, 1.54) is 11.3 Å². The van der Waals surface area contributed by atoms with Crippen molar-refractivity contribution in [3.05, 3.63) is 23.0 Å². The molecule has 0 aliphatic carbocycles. The molecule has 0 aromatic carbocycles. The molecule has 16 heavy (non-hydrogen) atoms. The van der Waals surface area contributed by atoms with E-state index in [1.54, 1.807) is 0 Å². The zero-order chi connectivity index (χ0) is 12.1. The van der Waals surface area contributed by atoms with Crippen LogP contribution >= 0.6 is 0 Å². The summed E-state index contributed by atoms with van der Waals surface area (Å²) in [5.74, 6) is 6.46. The summed E-state index contributed by atoms with van der Waals surface area (Å²) in [5, 5.41) is 0. The molecule has 0 amide bonds. The molecule has 0 saturated carbocycles. The largest absolute Gasteiger partial charge is 0.410 e. The van der Waals surface area contributed by atoms with Gasteiger partial charge in [-0.1, -0.05) is 34.1 Å². The first-order chi connectivity index (χ1) is 7.63. The normalized spacial score (nSPS) is 10.9. The van der Waals surface area contributed by atoms with Crippen LogP contribution in [0.1, 0.15) is 57.0 Å². The van der Waals surface area contributed by atoms with Gasteiger partial charge in [0.15, 0.2) is 5.75 Å². The SMILES string of the molecule is CCCc1nc(C(C)C)c(CC)cc1ON. The maximum atomic E-state index is 5.29. The van der Waals surface area contributed by atoms with E-state index >= 15 is 0 Å². The van der Waals surface area contributed by atoms with Crippen molar-refractivity contribution in [2.45, 2.75) is 52.9 Å². The van der Waals surface area contributed by atoms with Crippen LogP contribution in [0.2, 0.25) is 0 Å². The van der Waals surface area contributed by atoms with Crippen LogP contribution < -0.4 is 10.7 Å². The number of rotatable bonds is 5. The van der Waals surface area contributed by atoms with Crippen molar-refractivity contribution >= 4 is 0 Å². The molecule has 0 bridgehead atoms. The zero-order valence-electron chi connectivity index (χ0n) is 10.7. The maximum absolute atomic E-state index is 5.29. The van der Waals surface area contributed by atoms with Crippen LogP contribution in [0.5, 0.6) is 5.75 Å². The molecule has 1 aromatic heterocycles. The fourth-order valence-electron chi connectivity index (χ4n) is 1.89. The molecule has 0 unspecified atom stereocenters. The van der Waals surface area contributed by atoms with Crippen molar-refractivity contribution in [3.8, 4) is 5.75 Å². The topological polar surface area (TPSA) is 48.1 Å². The Kier molecular flexibility index (Phi) is 4.74. The highest BCUT2D eigenvalue weighted by Crippen LogP contribution is 2.26. The second-order valence-corrected chi connectivity index (χ2v) is 4.35. The second-order valence-electron chi connectivity index (χ2n) is 4.35. The lowest BCUT2D eigenvalue weighted by molar-refractivity contribution is 0.327. The number of nitrogens with zero attached hydrogens (tertiary/aromatic N) is 1. The Morgan fingerprint density at radius 2 is 2.06 bits per heavy atom. The van der Waals surface area contributed by atoms with Gasteiger partial charge in [-0.05, 0) is 30.4 Å². The van der Waals surface area contributed by atoms with E-state index in [9.17, 15) is 0 Å². The van der Waals surface area contributed by atoms with Crippen molar-refractivity contribution in [2.24, 2.45) is 5.90 Å². The first-order valence-corrected chi connectivity index (χ1v) is 6.03. The van der Waals surface area contributed by atoms with Crippen LogP contribution in [-0.2, 0) is 12.8 Å². The van der Waals surface area contributed by atoms with Crippen molar-refractivity contribution in [3.63, 3.8) is 0 Å². The fraction of sp³-hybridized carbons (Fsp3) is 0.615. The van der Waals surface area contributed by atoms with Crippen molar-refractivity contribution in [1.29, 1.82) is 0 Å². The van der Waals surface area contributed by atoms with Gasteiger partial charge in [0.1, 0.15) is 0 Å². The van der Waals surface area contributed by atoms with Gasteiger partial charge in [0.25, 0.3) is 0 Å². The molecule has 3 nitrogen and oxygen atoms in total. The van der Waals surface area contributed by atoms with Gasteiger partial charge < -0.3 is 4.84 Å². The Morgan fingerprint density at radius 3 is 2.50 bits per heavy atom. The van der Waals surface area contributed by atoms with Crippen molar-refractivity contribution in [2.75, 3.05) is 0 Å². The van der Waals surface area contributed by atoms with Crippen molar-refractivity contribution in [1.82, 2.24) is 4.98 Å². The minimum absolute atomic E-state index is 0.442. The van der Waals surface area contributed by atoms with Crippen LogP contribution in [0.15, 0.2) is 6.07 Å². The Bertz CT molecular complexity index is 348. The summed E-state index contributed by atoms with van der Waals surface area (Å²) in [5.41, 5.74) is 3.38. The number of aromatic nitrogens is 1. The molecule has 0 fully saturated rings. The number of hydrogen-bond donors (Lipinski definition) is 1. The number of pyridine rings is 1. The average Bonchev–Trinajstić information content (AvgIpc) is 2.28. The lowest BCUT2D eigenvalue weighted by Gasteiger charge is -2.15. The summed E-state index contributed by atoms with van der Waals surface area (Å²) in [7, 11) is 0. The summed E-state index contributed by atoms with van der Waals surface area (Å²) >= 11 is 0. The first kappa shape index (κ1) is 13.0. The van der Waals surface area contributed by atoms with E-state index in [0.29, 0.717) is 5.92 Å². The molecule has 1 rings (SSSR count). The molecule has 0 radical (unpaired) electrons. The average molecular weight is 222 g/mol. The summed E-state index contributed by atoms with van der Waals surface area (Å²) in [6.45, 7) is 8.59. The molecule has 0 atom stereocenters. The third-order valence-corrected chi connectivity index (χ3v) is 2.72. The molecular weight excluding hydrogens is 200 g/mol. The molecule has 0 spiro atoms. The Hall–Kier alpha value is -1.09. The highest BCUT2D eigenvalue weighted by molar-refractivity contribution is 5.37. The van der Waals surface area contributed by atoms with E-state index in [0.717, 1.165) is 30.7 Å². The quantitative estimate of drug-likeness (QED) is 0.779. The minimum atomic E-state index is 0.442. The third-order valence-electron chi connectivity index (χ3n) is 2.72. The maximum Gasteiger partial charge on any atom is 0.168 e. The number of nitrogens with two attached hydrogens (primary N) is 1. The van der Waals surface area contributed by atoms with E-state index in [1.807, 2.05) is 6.07 Å². The van der Waals surface area contributed by atoms with Crippen LogP contribution in [0, 0.1) is 0 Å². The predicted octanol–water partition coefficient (Wildman–Crippen LogP) is 2.97. The van der Waals surface area contributed by atoms with Crippen LogP contribution in [0.4, 0.5) is 0 Å². The summed E-state index contributed by atoms with van der Waals surface area (Å²) in [6, 6.07) is 2.04.